The monoisotopic (exact) mass is 443 g/mol. The fourth-order valence-corrected chi connectivity index (χ4v) is 6.99. The zero-order chi connectivity index (χ0) is 20.1. The number of thiophene rings is 1. The zero-order valence-corrected chi connectivity index (χ0v) is 18.5. The second-order valence-corrected chi connectivity index (χ2v) is 11.1. The quantitative estimate of drug-likeness (QED) is 0.674. The van der Waals surface area contributed by atoms with Gasteiger partial charge in [-0.1, -0.05) is 11.6 Å². The average Bonchev–Trinajstić information content (AvgIpc) is 3.29. The molecule has 0 atom stereocenters. The number of aromatic nitrogens is 1. The third kappa shape index (κ3) is 5.16. The van der Waals surface area contributed by atoms with E-state index in [9.17, 15) is 13.2 Å². The van der Waals surface area contributed by atoms with Crippen LogP contribution in [0.5, 0.6) is 0 Å². The van der Waals surface area contributed by atoms with Crippen molar-refractivity contribution in [2.75, 3.05) is 18.8 Å². The molecule has 0 bridgehead atoms. The Kier molecular flexibility index (Phi) is 7.19. The van der Waals surface area contributed by atoms with E-state index in [-0.39, 0.29) is 5.91 Å². The van der Waals surface area contributed by atoms with Crippen LogP contribution in [0.25, 0.3) is 0 Å². The summed E-state index contributed by atoms with van der Waals surface area (Å²) in [5.41, 5.74) is 1.88. The molecule has 1 N–H and O–H groups in total. The number of amides is 1. The van der Waals surface area contributed by atoms with Crippen molar-refractivity contribution >= 4 is 39.0 Å². The summed E-state index contributed by atoms with van der Waals surface area (Å²) < 4.78 is 32.4. The first kappa shape index (κ1) is 21.4. The van der Waals surface area contributed by atoms with E-state index in [2.05, 4.69) is 10.5 Å². The van der Waals surface area contributed by atoms with Gasteiger partial charge in [0.05, 0.1) is 18.0 Å². The van der Waals surface area contributed by atoms with Crippen LogP contribution in [0, 0.1) is 13.8 Å². The number of carbonyl (C=O) groups excluding carboxylic acids is 1. The molecule has 1 aliphatic rings. The molecule has 1 saturated heterocycles. The number of nitrogens with zero attached hydrogens (tertiary/aromatic N) is 2. The van der Waals surface area contributed by atoms with Crippen LogP contribution >= 0.6 is 23.1 Å². The van der Waals surface area contributed by atoms with Gasteiger partial charge in [0.15, 0.2) is 0 Å². The SMILES string of the molecule is Cc1noc(C)c1CSCC(=O)NCc1ccc(S(=O)(=O)N2CCCCC2)s1. The molecule has 2 aromatic rings. The van der Waals surface area contributed by atoms with Crippen molar-refractivity contribution in [3.8, 4) is 0 Å². The van der Waals surface area contributed by atoms with E-state index in [0.717, 1.165) is 41.2 Å². The molecule has 154 valence electrons. The minimum absolute atomic E-state index is 0.0782. The molecule has 1 amide bonds. The number of sulfonamides is 1. The predicted octanol–water partition coefficient (Wildman–Crippen LogP) is 3.08. The molecular formula is C18H25N3O4S3. The van der Waals surface area contributed by atoms with Gasteiger partial charge in [-0.15, -0.1) is 23.1 Å². The largest absolute Gasteiger partial charge is 0.361 e. The van der Waals surface area contributed by atoms with Gasteiger partial charge in [-0.2, -0.15) is 4.31 Å². The molecule has 0 unspecified atom stereocenters. The number of rotatable bonds is 8. The van der Waals surface area contributed by atoms with Crippen molar-refractivity contribution in [3.05, 3.63) is 34.0 Å². The maximum absolute atomic E-state index is 12.7. The highest BCUT2D eigenvalue weighted by molar-refractivity contribution is 7.99. The lowest BCUT2D eigenvalue weighted by atomic mass is 10.2. The highest BCUT2D eigenvalue weighted by Gasteiger charge is 2.27. The highest BCUT2D eigenvalue weighted by Crippen LogP contribution is 2.27. The first-order valence-corrected chi connectivity index (χ1v) is 12.6. The molecule has 0 aromatic carbocycles. The maximum atomic E-state index is 12.7. The Balaban J connectivity index is 1.46. The molecule has 0 spiro atoms. The van der Waals surface area contributed by atoms with Crippen molar-refractivity contribution in [2.45, 2.75) is 49.6 Å². The first-order valence-electron chi connectivity index (χ1n) is 9.23. The van der Waals surface area contributed by atoms with Crippen LogP contribution < -0.4 is 5.32 Å². The lowest BCUT2D eigenvalue weighted by Crippen LogP contribution is -2.35. The number of aryl methyl sites for hydroxylation is 2. The summed E-state index contributed by atoms with van der Waals surface area (Å²) in [6, 6.07) is 3.42. The van der Waals surface area contributed by atoms with E-state index in [1.54, 1.807) is 16.4 Å². The molecule has 2 aromatic heterocycles. The van der Waals surface area contributed by atoms with E-state index in [4.69, 9.17) is 4.52 Å². The number of hydrogen-bond acceptors (Lipinski definition) is 7. The standard InChI is InChI=1S/C18H25N3O4S3/c1-13-16(14(2)25-20-13)11-26-12-17(22)19-10-15-6-7-18(27-15)28(23,24)21-8-4-3-5-9-21/h6-7H,3-5,8-12H2,1-2H3,(H,19,22). The van der Waals surface area contributed by atoms with Crippen LogP contribution in [0.1, 0.15) is 41.2 Å². The third-order valence-electron chi connectivity index (χ3n) is 4.67. The van der Waals surface area contributed by atoms with Crippen LogP contribution in [0.2, 0.25) is 0 Å². The molecule has 1 fully saturated rings. The van der Waals surface area contributed by atoms with Crippen LogP contribution in [0.15, 0.2) is 20.9 Å². The molecule has 1 aliphatic heterocycles. The number of nitrogens with one attached hydrogen (secondary N) is 1. The molecular weight excluding hydrogens is 418 g/mol. The second kappa shape index (κ2) is 9.43. The number of thioether (sulfide) groups is 1. The fraction of sp³-hybridized carbons (Fsp3) is 0.556. The van der Waals surface area contributed by atoms with Gasteiger partial charge in [0.2, 0.25) is 5.91 Å². The zero-order valence-electron chi connectivity index (χ0n) is 16.1. The molecule has 0 saturated carbocycles. The number of carbonyl (C=O) groups is 1. The van der Waals surface area contributed by atoms with Crippen LogP contribution in [0.3, 0.4) is 0 Å². The van der Waals surface area contributed by atoms with Gasteiger partial charge in [-0.25, -0.2) is 8.42 Å². The van der Waals surface area contributed by atoms with Gasteiger partial charge < -0.3 is 9.84 Å². The van der Waals surface area contributed by atoms with Crippen molar-refractivity contribution in [2.24, 2.45) is 0 Å². The molecule has 28 heavy (non-hydrogen) atoms. The molecule has 0 radical (unpaired) electrons. The lowest BCUT2D eigenvalue weighted by molar-refractivity contribution is -0.118. The van der Waals surface area contributed by atoms with Gasteiger partial charge in [-0.3, -0.25) is 4.79 Å². The summed E-state index contributed by atoms with van der Waals surface area (Å²) in [6.45, 7) is 5.27. The van der Waals surface area contributed by atoms with Crippen molar-refractivity contribution in [1.82, 2.24) is 14.8 Å². The maximum Gasteiger partial charge on any atom is 0.252 e. The Morgan fingerprint density at radius 1 is 1.29 bits per heavy atom. The van der Waals surface area contributed by atoms with Gasteiger partial charge >= 0.3 is 0 Å². The van der Waals surface area contributed by atoms with Crippen LogP contribution in [0.4, 0.5) is 0 Å². The van der Waals surface area contributed by atoms with Crippen molar-refractivity contribution < 1.29 is 17.7 Å². The Morgan fingerprint density at radius 2 is 2.04 bits per heavy atom. The smallest absolute Gasteiger partial charge is 0.252 e. The van der Waals surface area contributed by atoms with E-state index in [0.29, 0.717) is 35.3 Å². The molecule has 3 heterocycles. The summed E-state index contributed by atoms with van der Waals surface area (Å²) in [5.74, 6) is 1.71. The van der Waals surface area contributed by atoms with Gasteiger partial charge in [0, 0.05) is 29.3 Å². The summed E-state index contributed by atoms with van der Waals surface area (Å²) in [6.07, 6.45) is 2.92. The Bertz CT molecular complexity index is 895. The second-order valence-electron chi connectivity index (χ2n) is 6.76. The van der Waals surface area contributed by atoms with Crippen molar-refractivity contribution in [3.63, 3.8) is 0 Å². The average molecular weight is 444 g/mol. The Labute approximate surface area is 173 Å². The highest BCUT2D eigenvalue weighted by atomic mass is 32.2. The van der Waals surface area contributed by atoms with Gasteiger partial charge in [-0.05, 0) is 38.8 Å². The van der Waals surface area contributed by atoms with Crippen LogP contribution in [-0.2, 0) is 27.1 Å². The molecule has 10 heteroatoms. The third-order valence-corrected chi connectivity index (χ3v) is 9.08. The number of piperidine rings is 1. The predicted molar refractivity (Wildman–Crippen MR) is 111 cm³/mol. The minimum atomic E-state index is -3.41. The normalized spacial score (nSPS) is 15.6. The summed E-state index contributed by atoms with van der Waals surface area (Å²) in [5, 5.41) is 6.76. The lowest BCUT2D eigenvalue weighted by Gasteiger charge is -2.25. The van der Waals surface area contributed by atoms with Gasteiger partial charge in [0.1, 0.15) is 9.97 Å². The minimum Gasteiger partial charge on any atom is -0.361 e. The summed E-state index contributed by atoms with van der Waals surface area (Å²) in [7, 11) is -3.41. The Morgan fingerprint density at radius 3 is 2.71 bits per heavy atom. The van der Waals surface area contributed by atoms with Crippen LogP contribution in [-0.4, -0.2) is 42.6 Å². The fourth-order valence-electron chi connectivity index (χ4n) is 3.01. The van der Waals surface area contributed by atoms with E-state index >= 15 is 0 Å². The Hall–Kier alpha value is -1.36. The van der Waals surface area contributed by atoms with E-state index in [1.807, 2.05) is 13.8 Å². The van der Waals surface area contributed by atoms with E-state index < -0.39 is 10.0 Å². The molecule has 7 nitrogen and oxygen atoms in total. The van der Waals surface area contributed by atoms with Crippen molar-refractivity contribution in [1.29, 1.82) is 0 Å². The molecule has 0 aliphatic carbocycles. The number of hydrogen-bond donors (Lipinski definition) is 1. The topological polar surface area (TPSA) is 92.5 Å². The summed E-state index contributed by atoms with van der Waals surface area (Å²) in [4.78, 5) is 12.9. The summed E-state index contributed by atoms with van der Waals surface area (Å²) >= 11 is 2.73. The molecule has 3 rings (SSSR count). The van der Waals surface area contributed by atoms with Gasteiger partial charge in [0.25, 0.3) is 10.0 Å². The van der Waals surface area contributed by atoms with E-state index in [1.165, 1.54) is 23.1 Å². The first-order chi connectivity index (χ1) is 13.4.